The molecule has 6 heavy (non-hydrogen) atoms. The maximum atomic E-state index is 8.60. The molecule has 34 valence electrons. The fourth-order valence-corrected chi connectivity index (χ4v) is 0.192. The molecule has 1 atom stereocenters. The van der Waals surface area contributed by atoms with Crippen LogP contribution in [0.5, 0.6) is 0 Å². The zero-order valence-corrected chi connectivity index (χ0v) is 3.35. The minimum atomic E-state index is -0.944. The second kappa shape index (κ2) is 0.832. The Balaban J connectivity index is 2.47. The number of rotatable bonds is 1. The molecule has 1 N–H and O–H groups in total. The van der Waals surface area contributed by atoms with E-state index in [1.54, 1.807) is 0 Å². The zero-order valence-electron chi connectivity index (χ0n) is 3.35. The monoisotopic (exact) mass is 86.0 g/mol. The maximum Gasteiger partial charge on any atom is 0.209 e. The van der Waals surface area contributed by atoms with Crippen molar-refractivity contribution in [2.24, 2.45) is 0 Å². The van der Waals surface area contributed by atoms with Crippen LogP contribution in [0.1, 0.15) is 0 Å². The Labute approximate surface area is 36.0 Å². The van der Waals surface area contributed by atoms with Gasteiger partial charge in [0, 0.05) is 0 Å². The topological polar surface area (TPSA) is 32.8 Å². The minimum Gasteiger partial charge on any atom is -0.360 e. The highest BCUT2D eigenvalue weighted by molar-refractivity contribution is 4.96. The largest absolute Gasteiger partial charge is 0.360 e. The van der Waals surface area contributed by atoms with Crippen molar-refractivity contribution in [1.82, 2.24) is 0 Å². The summed E-state index contributed by atoms with van der Waals surface area (Å²) in [6, 6.07) is 0. The predicted molar refractivity (Wildman–Crippen MR) is 21.1 cm³/mol. The Kier molecular flexibility index (Phi) is 0.532. The lowest BCUT2D eigenvalue weighted by atomic mass is 10.4. The molecule has 0 amide bonds. The molecule has 0 aliphatic carbocycles. The quantitative estimate of drug-likeness (QED) is 0.357. The van der Waals surface area contributed by atoms with E-state index in [0.717, 1.165) is 0 Å². The molecule has 0 spiro atoms. The molecular formula is C4H6O2. The van der Waals surface area contributed by atoms with Gasteiger partial charge in [0.15, 0.2) is 0 Å². The average molecular weight is 86.1 g/mol. The number of ether oxygens (including phenoxy) is 1. The molecule has 0 aromatic heterocycles. The maximum absolute atomic E-state index is 8.60. The molecule has 1 aliphatic heterocycles. The summed E-state index contributed by atoms with van der Waals surface area (Å²) in [5, 5.41) is 8.60. The van der Waals surface area contributed by atoms with Crippen molar-refractivity contribution < 1.29 is 9.84 Å². The Morgan fingerprint density at radius 3 is 2.50 bits per heavy atom. The van der Waals surface area contributed by atoms with Gasteiger partial charge in [-0.15, -0.1) is 0 Å². The predicted octanol–water partition coefficient (Wildman–Crippen LogP) is -0.109. The van der Waals surface area contributed by atoms with E-state index < -0.39 is 5.79 Å². The van der Waals surface area contributed by atoms with Gasteiger partial charge in [-0.05, 0) is 6.08 Å². The second-order valence-electron chi connectivity index (χ2n) is 1.34. The smallest absolute Gasteiger partial charge is 0.209 e. The molecule has 1 aliphatic rings. The Bertz CT molecular complexity index is 73.6. The first-order valence-electron chi connectivity index (χ1n) is 1.77. The molecule has 0 aromatic rings. The van der Waals surface area contributed by atoms with Crippen LogP contribution in [0.25, 0.3) is 0 Å². The summed E-state index contributed by atoms with van der Waals surface area (Å²) < 4.78 is 4.48. The van der Waals surface area contributed by atoms with Crippen LogP contribution in [0.3, 0.4) is 0 Å². The van der Waals surface area contributed by atoms with Crippen LogP contribution in [0.2, 0.25) is 0 Å². The first kappa shape index (κ1) is 3.84. The molecule has 1 heterocycles. The van der Waals surface area contributed by atoms with Crippen molar-refractivity contribution >= 4 is 0 Å². The molecule has 2 nitrogen and oxygen atoms in total. The van der Waals surface area contributed by atoms with Crippen molar-refractivity contribution in [3.8, 4) is 0 Å². The fourth-order valence-electron chi connectivity index (χ4n) is 0.192. The van der Waals surface area contributed by atoms with Crippen LogP contribution in [-0.4, -0.2) is 17.5 Å². The Morgan fingerprint density at radius 2 is 2.50 bits per heavy atom. The molecule has 0 aromatic carbocycles. The van der Waals surface area contributed by atoms with E-state index in [4.69, 9.17) is 5.11 Å². The van der Waals surface area contributed by atoms with E-state index in [9.17, 15) is 0 Å². The van der Waals surface area contributed by atoms with Crippen molar-refractivity contribution in [1.29, 1.82) is 0 Å². The first-order valence-corrected chi connectivity index (χ1v) is 1.77. The van der Waals surface area contributed by atoms with Gasteiger partial charge in [-0.1, -0.05) is 6.58 Å². The number of epoxide rings is 1. The van der Waals surface area contributed by atoms with Gasteiger partial charge in [0.25, 0.3) is 0 Å². The third-order valence-corrected chi connectivity index (χ3v) is 0.759. The third kappa shape index (κ3) is 0.441. The highest BCUT2D eigenvalue weighted by Gasteiger charge is 2.38. The normalized spacial score (nSPS) is 42.2. The first-order chi connectivity index (χ1) is 2.77. The lowest BCUT2D eigenvalue weighted by molar-refractivity contribution is 0.0829. The summed E-state index contributed by atoms with van der Waals surface area (Å²) in [6.45, 7) is 3.73. The fraction of sp³-hybridized carbons (Fsp3) is 0.500. The lowest BCUT2D eigenvalue weighted by Crippen LogP contribution is -2.00. The highest BCUT2D eigenvalue weighted by Crippen LogP contribution is 2.22. The summed E-state index contributed by atoms with van der Waals surface area (Å²) >= 11 is 0. The van der Waals surface area contributed by atoms with Gasteiger partial charge in [-0.3, -0.25) is 0 Å². The van der Waals surface area contributed by atoms with Crippen LogP contribution in [0.4, 0.5) is 0 Å². The molecular weight excluding hydrogens is 80.0 g/mol. The molecule has 1 fully saturated rings. The van der Waals surface area contributed by atoms with Gasteiger partial charge in [0.05, 0.1) is 0 Å². The van der Waals surface area contributed by atoms with Crippen molar-refractivity contribution in [3.63, 3.8) is 0 Å². The number of aliphatic hydroxyl groups is 1. The minimum absolute atomic E-state index is 0.413. The number of hydrogen-bond donors (Lipinski definition) is 1. The van der Waals surface area contributed by atoms with Gasteiger partial charge in [0.2, 0.25) is 5.79 Å². The van der Waals surface area contributed by atoms with E-state index >= 15 is 0 Å². The highest BCUT2D eigenvalue weighted by atomic mass is 16.7. The summed E-state index contributed by atoms with van der Waals surface area (Å²) in [5.74, 6) is -0.944. The number of hydrogen-bond acceptors (Lipinski definition) is 2. The van der Waals surface area contributed by atoms with Crippen LogP contribution < -0.4 is 0 Å². The Morgan fingerprint density at radius 1 is 2.00 bits per heavy atom. The summed E-state index contributed by atoms with van der Waals surface area (Å²) in [6.07, 6.45) is 1.38. The lowest BCUT2D eigenvalue weighted by Gasteiger charge is -1.86. The van der Waals surface area contributed by atoms with Gasteiger partial charge in [0.1, 0.15) is 6.61 Å². The van der Waals surface area contributed by atoms with Crippen LogP contribution >= 0.6 is 0 Å². The standard InChI is InChI=1S/C4H6O2/c1-2-4(5)3-6-4/h2,5H,1,3H2. The molecule has 2 heteroatoms. The zero-order chi connectivity index (χ0) is 4.62. The summed E-state index contributed by atoms with van der Waals surface area (Å²) in [4.78, 5) is 0. The molecule has 0 bridgehead atoms. The van der Waals surface area contributed by atoms with Gasteiger partial charge in [-0.25, -0.2) is 0 Å². The van der Waals surface area contributed by atoms with Gasteiger partial charge in [-0.2, -0.15) is 0 Å². The molecule has 1 unspecified atom stereocenters. The van der Waals surface area contributed by atoms with Crippen molar-refractivity contribution in [3.05, 3.63) is 12.7 Å². The van der Waals surface area contributed by atoms with Crippen LogP contribution in [0.15, 0.2) is 12.7 Å². The SMILES string of the molecule is C=CC1(O)CO1. The molecule has 1 saturated heterocycles. The summed E-state index contributed by atoms with van der Waals surface area (Å²) in [5.41, 5.74) is 0. The van der Waals surface area contributed by atoms with E-state index in [1.807, 2.05) is 0 Å². The molecule has 1 rings (SSSR count). The van der Waals surface area contributed by atoms with Crippen molar-refractivity contribution in [2.75, 3.05) is 6.61 Å². The summed E-state index contributed by atoms with van der Waals surface area (Å²) in [7, 11) is 0. The third-order valence-electron chi connectivity index (χ3n) is 0.759. The van der Waals surface area contributed by atoms with Gasteiger partial charge >= 0.3 is 0 Å². The van der Waals surface area contributed by atoms with E-state index in [0.29, 0.717) is 6.61 Å². The van der Waals surface area contributed by atoms with Gasteiger partial charge < -0.3 is 9.84 Å². The van der Waals surface area contributed by atoms with Crippen LogP contribution in [0, 0.1) is 0 Å². The van der Waals surface area contributed by atoms with E-state index in [2.05, 4.69) is 11.3 Å². The van der Waals surface area contributed by atoms with E-state index in [1.165, 1.54) is 6.08 Å². The van der Waals surface area contributed by atoms with Crippen LogP contribution in [-0.2, 0) is 4.74 Å². The molecule has 0 saturated carbocycles. The average Bonchev–Trinajstić information content (AvgIpc) is 2.22. The Hall–Kier alpha value is -0.340. The van der Waals surface area contributed by atoms with E-state index in [-0.39, 0.29) is 0 Å². The second-order valence-corrected chi connectivity index (χ2v) is 1.34. The molecule has 0 radical (unpaired) electrons. The van der Waals surface area contributed by atoms with Crippen molar-refractivity contribution in [2.45, 2.75) is 5.79 Å².